The van der Waals surface area contributed by atoms with E-state index in [-0.39, 0.29) is 65.0 Å². The van der Waals surface area contributed by atoms with E-state index in [0.29, 0.717) is 0 Å². The van der Waals surface area contributed by atoms with Gasteiger partial charge in [-0.1, -0.05) is 298 Å². The van der Waals surface area contributed by atoms with Crippen molar-refractivity contribution >= 4 is 13.2 Å². The van der Waals surface area contributed by atoms with Gasteiger partial charge in [-0.3, -0.25) is 13.6 Å². The molecule has 0 amide bonds. The van der Waals surface area contributed by atoms with Crippen LogP contribution in [0, 0.1) is 0 Å². The molecule has 4 rings (SSSR count). The number of rotatable bonds is 7. The number of hydrogen-bond acceptors (Lipinski definition) is 3. The Bertz CT molecular complexity index is 2370. The minimum absolute atomic E-state index is 0.130. The molecule has 0 aliphatic heterocycles. The first-order chi connectivity index (χ1) is 33.2. The zero-order valence-corrected chi connectivity index (χ0v) is 57.2. The molecule has 4 aromatic rings. The zero-order valence-electron chi connectivity index (χ0n) is 56.3. The summed E-state index contributed by atoms with van der Waals surface area (Å²) in [6, 6.07) is 19.6. The van der Waals surface area contributed by atoms with E-state index in [1.54, 1.807) is 0 Å². The normalized spacial score (nSPS) is 14.6. The highest BCUT2D eigenvalue weighted by Crippen LogP contribution is 2.67. The Labute approximate surface area is 471 Å². The SMILES string of the molecule is CC(C)(C)c1cc(C(C)(C)C)c(O[P+](Oc2c(C(C)(C)C)cc(C(C)(C)C)cc2C(C)(C)C)(Oc2c(C(C)(C)C)cc(C(C)(C)C)cc2C(C)(C)C)c2c(C(C)(C)C)cc(C(C)(C)C)cc2C(C)(C)C)c(C(C)(C)C)c1. The Morgan fingerprint density at radius 3 is 0.447 bits per heavy atom. The van der Waals surface area contributed by atoms with Gasteiger partial charge in [0, 0.05) is 44.5 Å². The highest BCUT2D eigenvalue weighted by Gasteiger charge is 2.62. The predicted octanol–water partition coefficient (Wildman–Crippen LogP) is 21.9. The minimum atomic E-state index is -4.10. The topological polar surface area (TPSA) is 27.7 Å². The summed E-state index contributed by atoms with van der Waals surface area (Å²) in [5.41, 5.74) is 11.0. The van der Waals surface area contributed by atoms with E-state index in [2.05, 4.69) is 298 Å². The molecule has 0 atom stereocenters. The maximum Gasteiger partial charge on any atom is 0.580 e. The van der Waals surface area contributed by atoms with E-state index in [9.17, 15) is 0 Å². The van der Waals surface area contributed by atoms with Crippen molar-refractivity contribution in [2.24, 2.45) is 0 Å². The lowest BCUT2D eigenvalue weighted by Crippen LogP contribution is -2.40. The Balaban J connectivity index is 2.77. The van der Waals surface area contributed by atoms with Gasteiger partial charge in [-0.25, -0.2) is 0 Å². The summed E-state index contributed by atoms with van der Waals surface area (Å²) >= 11 is 0. The molecule has 0 aliphatic carbocycles. The lowest BCUT2D eigenvalue weighted by molar-refractivity contribution is 0.339. The molecule has 0 saturated heterocycles. The fourth-order valence-corrected chi connectivity index (χ4v) is 13.0. The van der Waals surface area contributed by atoms with Crippen LogP contribution in [0.3, 0.4) is 0 Å². The van der Waals surface area contributed by atoms with Crippen molar-refractivity contribution in [3.05, 3.63) is 115 Å². The fourth-order valence-electron chi connectivity index (χ4n) is 9.88. The standard InChI is InChI=1S/C72H116O3P/c1-61(2,3)45-37-49(65(13,14)15)57(50(38-45)66(16,17)18)73-76(60-55(71(31,32)33)43-48(64(10,11)12)44-56(60)72(34,35)36,74-58-51(67(19,20)21)39-46(62(4,5)6)40-52(58)68(22,23)24)75-59-53(69(25,26)27)41-47(63(7,8)9)42-54(59)70(28,29)30/h37-44H,1-36H3/q+1. The molecule has 0 bridgehead atoms. The molecule has 426 valence electrons. The van der Waals surface area contributed by atoms with E-state index < -0.39 is 7.94 Å². The van der Waals surface area contributed by atoms with Gasteiger partial charge in [0.05, 0.1) is 0 Å². The van der Waals surface area contributed by atoms with Crippen LogP contribution in [0.5, 0.6) is 17.2 Å². The summed E-state index contributed by atoms with van der Waals surface area (Å²) in [7, 11) is -4.10. The number of hydrogen-bond donors (Lipinski definition) is 0. The third-order valence-electron chi connectivity index (χ3n) is 15.2. The van der Waals surface area contributed by atoms with Gasteiger partial charge in [-0.05, 0) is 87.2 Å². The van der Waals surface area contributed by atoms with Crippen LogP contribution in [-0.4, -0.2) is 0 Å². The van der Waals surface area contributed by atoms with Crippen LogP contribution in [0.2, 0.25) is 0 Å². The molecule has 0 saturated carbocycles. The van der Waals surface area contributed by atoms with Crippen LogP contribution >= 0.6 is 7.94 Å². The van der Waals surface area contributed by atoms with Crippen LogP contribution in [0.1, 0.15) is 316 Å². The van der Waals surface area contributed by atoms with Crippen LogP contribution in [0.4, 0.5) is 0 Å². The maximum absolute atomic E-state index is 8.81. The van der Waals surface area contributed by atoms with Crippen molar-refractivity contribution in [2.75, 3.05) is 0 Å². The summed E-state index contributed by atoms with van der Waals surface area (Å²) in [5.74, 6) is 2.55. The Morgan fingerprint density at radius 2 is 0.329 bits per heavy atom. The molecule has 0 N–H and O–H groups in total. The van der Waals surface area contributed by atoms with E-state index in [0.717, 1.165) is 55.9 Å². The van der Waals surface area contributed by atoms with Crippen LogP contribution in [0.15, 0.2) is 48.5 Å². The molecule has 0 radical (unpaired) electrons. The quantitative estimate of drug-likeness (QED) is 0.173. The molecule has 76 heavy (non-hydrogen) atoms. The maximum atomic E-state index is 8.81. The van der Waals surface area contributed by atoms with Crippen molar-refractivity contribution in [3.63, 3.8) is 0 Å². The van der Waals surface area contributed by atoms with E-state index >= 15 is 0 Å². The minimum Gasteiger partial charge on any atom is -0.267 e. The van der Waals surface area contributed by atoms with E-state index in [4.69, 9.17) is 13.6 Å². The molecule has 3 nitrogen and oxygen atoms in total. The molecule has 0 unspecified atom stereocenters. The zero-order chi connectivity index (χ0) is 59.5. The van der Waals surface area contributed by atoms with Crippen molar-refractivity contribution in [1.29, 1.82) is 0 Å². The molecular weight excluding hydrogens is 944 g/mol. The Kier molecular flexibility index (Phi) is 17.2. The van der Waals surface area contributed by atoms with E-state index in [1.165, 1.54) is 33.4 Å². The fraction of sp³-hybridized carbons (Fsp3) is 0.667. The molecular formula is C72H116O3P+. The monoisotopic (exact) mass is 1060 g/mol. The average Bonchev–Trinajstić information content (AvgIpc) is 3.15. The molecule has 0 fully saturated rings. The molecule has 4 heteroatoms. The van der Waals surface area contributed by atoms with Crippen molar-refractivity contribution in [3.8, 4) is 17.2 Å². The van der Waals surface area contributed by atoms with Crippen LogP contribution in [-0.2, 0) is 65.0 Å². The largest absolute Gasteiger partial charge is 0.580 e. The molecule has 0 heterocycles. The molecule has 0 aromatic heterocycles. The van der Waals surface area contributed by atoms with Gasteiger partial charge in [0.2, 0.25) is 5.30 Å². The highest BCUT2D eigenvalue weighted by molar-refractivity contribution is 7.70. The summed E-state index contributed by atoms with van der Waals surface area (Å²) in [6.45, 7) is 84.5. The summed E-state index contributed by atoms with van der Waals surface area (Å²) < 4.78 is 26.4. The van der Waals surface area contributed by atoms with Crippen LogP contribution in [0.25, 0.3) is 0 Å². The second kappa shape index (κ2) is 20.1. The third kappa shape index (κ3) is 14.5. The summed E-state index contributed by atoms with van der Waals surface area (Å²) in [6.07, 6.45) is 0. The number of benzene rings is 4. The van der Waals surface area contributed by atoms with Crippen molar-refractivity contribution in [2.45, 2.75) is 314 Å². The lowest BCUT2D eigenvalue weighted by atomic mass is 9.75. The van der Waals surface area contributed by atoms with Gasteiger partial charge in [-0.2, -0.15) is 0 Å². The van der Waals surface area contributed by atoms with E-state index in [1.807, 2.05) is 0 Å². The first-order valence-electron chi connectivity index (χ1n) is 29.0. The van der Waals surface area contributed by atoms with Gasteiger partial charge in [0.25, 0.3) is 0 Å². The summed E-state index contributed by atoms with van der Waals surface area (Å²) in [5, 5.41) is 1.03. The van der Waals surface area contributed by atoms with Crippen molar-refractivity contribution < 1.29 is 13.6 Å². The predicted molar refractivity (Wildman–Crippen MR) is 339 cm³/mol. The van der Waals surface area contributed by atoms with Gasteiger partial charge < -0.3 is 0 Å². The third-order valence-corrected chi connectivity index (χ3v) is 17.5. The van der Waals surface area contributed by atoms with Gasteiger partial charge in [-0.15, -0.1) is 0 Å². The molecule has 4 aromatic carbocycles. The second-order valence-electron chi connectivity index (χ2n) is 35.4. The van der Waals surface area contributed by atoms with Gasteiger partial charge in [0.1, 0.15) is 0 Å². The van der Waals surface area contributed by atoms with Crippen LogP contribution < -0.4 is 18.9 Å². The second-order valence-corrected chi connectivity index (χ2v) is 37.4. The summed E-state index contributed by atoms with van der Waals surface area (Å²) in [4.78, 5) is 0. The smallest absolute Gasteiger partial charge is 0.267 e. The average molecular weight is 1060 g/mol. The van der Waals surface area contributed by atoms with Crippen molar-refractivity contribution in [1.82, 2.24) is 0 Å². The van der Waals surface area contributed by atoms with Gasteiger partial charge >= 0.3 is 7.94 Å². The highest BCUT2D eigenvalue weighted by atomic mass is 31.2. The Hall–Kier alpha value is -3.29. The first-order valence-corrected chi connectivity index (χ1v) is 30.5. The first kappa shape index (κ1) is 65.2. The Morgan fingerprint density at radius 1 is 0.197 bits per heavy atom. The molecule has 0 spiro atoms. The lowest BCUT2D eigenvalue weighted by Gasteiger charge is -2.39. The molecule has 0 aliphatic rings. The van der Waals surface area contributed by atoms with Gasteiger partial charge in [0.15, 0.2) is 17.2 Å².